The zero-order chi connectivity index (χ0) is 30.1. The quantitative estimate of drug-likeness (QED) is 0.221. The summed E-state index contributed by atoms with van der Waals surface area (Å²) in [5.41, 5.74) is 3.16. The third-order valence-electron chi connectivity index (χ3n) is 6.55. The van der Waals surface area contributed by atoms with Crippen LogP contribution in [0.2, 0.25) is 0 Å². The number of amides is 1. The van der Waals surface area contributed by atoms with E-state index in [1.165, 1.54) is 25.1 Å². The Kier molecular flexibility index (Phi) is 7.20. The normalized spacial score (nSPS) is 11.4. The van der Waals surface area contributed by atoms with E-state index in [1.54, 1.807) is 29.8 Å². The van der Waals surface area contributed by atoms with Gasteiger partial charge in [0.25, 0.3) is 11.5 Å². The van der Waals surface area contributed by atoms with Crippen LogP contribution >= 0.6 is 11.3 Å². The minimum atomic E-state index is -4.98. The van der Waals surface area contributed by atoms with Gasteiger partial charge in [-0.2, -0.15) is 9.78 Å². The van der Waals surface area contributed by atoms with Gasteiger partial charge in [-0.25, -0.2) is 9.97 Å². The minimum Gasteiger partial charge on any atom is -0.403 e. The third kappa shape index (κ3) is 5.72. The molecule has 43 heavy (non-hydrogen) atoms. The van der Waals surface area contributed by atoms with E-state index in [9.17, 15) is 22.8 Å². The number of ether oxygens (including phenoxy) is 1. The summed E-state index contributed by atoms with van der Waals surface area (Å²) in [5.74, 6) is -1.27. The van der Waals surface area contributed by atoms with Gasteiger partial charge in [0.1, 0.15) is 16.8 Å². The lowest BCUT2D eigenvalue weighted by molar-refractivity contribution is -0.274. The van der Waals surface area contributed by atoms with Crippen molar-refractivity contribution < 1.29 is 22.7 Å². The number of aromatic nitrogens is 4. The van der Waals surface area contributed by atoms with Crippen molar-refractivity contribution in [2.45, 2.75) is 13.3 Å². The molecular formula is C31H20F3N5O3S. The molecule has 0 saturated carbocycles. The molecule has 3 heterocycles. The van der Waals surface area contributed by atoms with Crippen LogP contribution in [-0.2, 0) is 0 Å². The number of carbonyl (C=O) groups is 1. The second kappa shape index (κ2) is 11.1. The summed E-state index contributed by atoms with van der Waals surface area (Å²) >= 11 is 1.54. The number of rotatable bonds is 6. The fourth-order valence-corrected chi connectivity index (χ4v) is 5.39. The molecule has 0 aliphatic rings. The van der Waals surface area contributed by atoms with E-state index >= 15 is 0 Å². The average molecular weight is 600 g/mol. The van der Waals surface area contributed by atoms with Gasteiger partial charge in [-0.3, -0.25) is 9.59 Å². The number of fused-ring (bicyclic) bond motifs is 1. The van der Waals surface area contributed by atoms with E-state index in [2.05, 4.69) is 25.1 Å². The zero-order valence-electron chi connectivity index (χ0n) is 22.3. The molecule has 0 atom stereocenters. The van der Waals surface area contributed by atoms with E-state index in [4.69, 9.17) is 0 Å². The first kappa shape index (κ1) is 27.8. The van der Waals surface area contributed by atoms with E-state index in [0.717, 1.165) is 44.7 Å². The van der Waals surface area contributed by atoms with Gasteiger partial charge in [0.15, 0.2) is 11.4 Å². The van der Waals surface area contributed by atoms with Crippen LogP contribution in [0.5, 0.6) is 5.75 Å². The molecule has 6 rings (SSSR count). The fourth-order valence-electron chi connectivity index (χ4n) is 4.65. The maximum Gasteiger partial charge on any atom is 0.573 e. The highest BCUT2D eigenvalue weighted by Crippen LogP contribution is 2.36. The molecule has 0 fully saturated rings. The summed E-state index contributed by atoms with van der Waals surface area (Å²) in [6.45, 7) is 1.52. The molecule has 3 aromatic heterocycles. The van der Waals surface area contributed by atoms with Crippen LogP contribution < -0.4 is 15.6 Å². The van der Waals surface area contributed by atoms with Gasteiger partial charge >= 0.3 is 6.36 Å². The molecule has 6 aromatic rings. The van der Waals surface area contributed by atoms with Gasteiger partial charge in [-0.05, 0) is 59.3 Å². The highest BCUT2D eigenvalue weighted by Gasteiger charge is 2.32. The van der Waals surface area contributed by atoms with Crippen LogP contribution in [-0.4, -0.2) is 32.0 Å². The number of halogens is 3. The van der Waals surface area contributed by atoms with Crippen molar-refractivity contribution in [3.63, 3.8) is 0 Å². The molecule has 0 aliphatic heterocycles. The molecule has 0 radical (unpaired) electrons. The molecular weight excluding hydrogens is 579 g/mol. The number of nitrogens with zero attached hydrogens (tertiary/aromatic N) is 4. The van der Waals surface area contributed by atoms with E-state index in [1.807, 2.05) is 47.8 Å². The zero-order valence-corrected chi connectivity index (χ0v) is 23.1. The molecule has 0 bridgehead atoms. The Morgan fingerprint density at radius 2 is 1.65 bits per heavy atom. The highest BCUT2D eigenvalue weighted by atomic mass is 32.1. The second-order valence-electron chi connectivity index (χ2n) is 9.38. The lowest BCUT2D eigenvalue weighted by Crippen LogP contribution is -2.28. The molecule has 8 nitrogen and oxygen atoms in total. The minimum absolute atomic E-state index is 0.139. The van der Waals surface area contributed by atoms with Gasteiger partial charge in [-0.1, -0.05) is 48.5 Å². The van der Waals surface area contributed by atoms with Crippen molar-refractivity contribution >= 4 is 33.1 Å². The van der Waals surface area contributed by atoms with E-state index in [-0.39, 0.29) is 16.9 Å². The number of aryl methyl sites for hydroxylation is 1. The number of carbonyl (C=O) groups excluding carboxylic acids is 1. The number of benzene rings is 3. The summed E-state index contributed by atoms with van der Waals surface area (Å²) < 4.78 is 43.6. The van der Waals surface area contributed by atoms with Crippen molar-refractivity contribution in [1.82, 2.24) is 19.7 Å². The molecule has 0 saturated heterocycles. The SMILES string of the molecule is Cc1cc(=O)n(-c2ccccc2OC(F)(F)F)nc1C(=O)Nc1ccc(-c2ccccc2-c2ncnc3sccc23)cc1. The lowest BCUT2D eigenvalue weighted by Gasteiger charge is -2.15. The maximum absolute atomic E-state index is 13.2. The predicted octanol–water partition coefficient (Wildman–Crippen LogP) is 7.03. The number of anilines is 1. The summed E-state index contributed by atoms with van der Waals surface area (Å²) in [4.78, 5) is 35.7. The van der Waals surface area contributed by atoms with Gasteiger partial charge in [-0.15, -0.1) is 24.5 Å². The van der Waals surface area contributed by atoms with Gasteiger partial charge < -0.3 is 10.1 Å². The Balaban J connectivity index is 1.28. The van der Waals surface area contributed by atoms with Crippen LogP contribution in [0.25, 0.3) is 38.3 Å². The third-order valence-corrected chi connectivity index (χ3v) is 7.37. The van der Waals surface area contributed by atoms with Crippen molar-refractivity contribution in [3.8, 4) is 33.8 Å². The van der Waals surface area contributed by atoms with Gasteiger partial charge in [0.05, 0.1) is 5.69 Å². The summed E-state index contributed by atoms with van der Waals surface area (Å²) in [6, 6.07) is 23.2. The standard InChI is InChI=1S/C31H20F3N5O3S/c1-18-16-26(40)39(24-8-4-5-9-25(24)42-31(32,33)34)38-27(18)29(41)37-20-12-10-19(11-13-20)21-6-2-3-7-22(21)28-23-14-15-43-30(23)36-17-35-28/h2-17H,1H3,(H,37,41). The first-order valence-corrected chi connectivity index (χ1v) is 13.7. The first-order valence-electron chi connectivity index (χ1n) is 12.8. The Labute approximate surface area is 246 Å². The fraction of sp³-hybridized carbons (Fsp3) is 0.0645. The molecule has 12 heteroatoms. The molecule has 3 aromatic carbocycles. The smallest absolute Gasteiger partial charge is 0.403 e. The number of hydrogen-bond acceptors (Lipinski definition) is 7. The molecule has 1 N–H and O–H groups in total. The number of alkyl halides is 3. The van der Waals surface area contributed by atoms with Crippen LogP contribution in [0.4, 0.5) is 18.9 Å². The summed E-state index contributed by atoms with van der Waals surface area (Å²) in [5, 5.41) is 9.77. The van der Waals surface area contributed by atoms with Crippen LogP contribution in [0.1, 0.15) is 16.1 Å². The lowest BCUT2D eigenvalue weighted by atomic mass is 9.96. The number of nitrogens with one attached hydrogen (secondary N) is 1. The van der Waals surface area contributed by atoms with Gasteiger partial charge in [0.2, 0.25) is 0 Å². The van der Waals surface area contributed by atoms with Crippen LogP contribution in [0.15, 0.2) is 101 Å². The maximum atomic E-state index is 13.2. The molecule has 214 valence electrons. The van der Waals surface area contributed by atoms with Crippen molar-refractivity contribution in [2.75, 3.05) is 5.32 Å². The van der Waals surface area contributed by atoms with E-state index < -0.39 is 23.6 Å². The first-order chi connectivity index (χ1) is 20.7. The summed E-state index contributed by atoms with van der Waals surface area (Å²) in [7, 11) is 0. The average Bonchev–Trinajstić information content (AvgIpc) is 3.47. The van der Waals surface area contributed by atoms with Crippen molar-refractivity contribution in [1.29, 1.82) is 0 Å². The number of para-hydroxylation sites is 2. The monoisotopic (exact) mass is 599 g/mol. The number of hydrogen-bond donors (Lipinski definition) is 1. The Morgan fingerprint density at radius 3 is 2.42 bits per heavy atom. The van der Waals surface area contributed by atoms with E-state index in [0.29, 0.717) is 10.4 Å². The van der Waals surface area contributed by atoms with Crippen LogP contribution in [0, 0.1) is 6.92 Å². The van der Waals surface area contributed by atoms with Crippen LogP contribution in [0.3, 0.4) is 0 Å². The van der Waals surface area contributed by atoms with Crippen molar-refractivity contribution in [3.05, 3.63) is 118 Å². The molecule has 1 amide bonds. The number of thiophene rings is 1. The van der Waals surface area contributed by atoms with Gasteiger partial charge in [0, 0.05) is 22.7 Å². The Morgan fingerprint density at radius 1 is 0.930 bits per heavy atom. The molecule has 0 spiro atoms. The topological polar surface area (TPSA) is 99.0 Å². The Bertz CT molecular complexity index is 2040. The predicted molar refractivity (Wildman–Crippen MR) is 157 cm³/mol. The molecule has 0 unspecified atom stereocenters. The largest absolute Gasteiger partial charge is 0.573 e. The molecule has 0 aliphatic carbocycles. The summed E-state index contributed by atoms with van der Waals surface area (Å²) in [6.07, 6.45) is -3.44. The highest BCUT2D eigenvalue weighted by molar-refractivity contribution is 7.16. The second-order valence-corrected chi connectivity index (χ2v) is 10.3. The Hall–Kier alpha value is -5.36. The van der Waals surface area contributed by atoms with Crippen molar-refractivity contribution in [2.24, 2.45) is 0 Å².